The first kappa shape index (κ1) is 21.8. The highest BCUT2D eigenvalue weighted by Crippen LogP contribution is 2.40. The molecule has 7 heteroatoms. The number of phenols is 1. The van der Waals surface area contributed by atoms with Crippen LogP contribution in [-0.4, -0.2) is 17.4 Å². The molecule has 0 aliphatic carbocycles. The third kappa shape index (κ3) is 4.61. The van der Waals surface area contributed by atoms with Gasteiger partial charge in [-0.25, -0.2) is 4.39 Å². The highest BCUT2D eigenvalue weighted by Gasteiger charge is 2.31. The summed E-state index contributed by atoms with van der Waals surface area (Å²) in [6.45, 7) is 2.30. The summed E-state index contributed by atoms with van der Waals surface area (Å²) in [4.78, 5) is 4.80. The highest BCUT2D eigenvalue weighted by molar-refractivity contribution is 9.10. The second-order valence-electron chi connectivity index (χ2n) is 7.17. The van der Waals surface area contributed by atoms with E-state index in [-0.39, 0.29) is 17.4 Å². The van der Waals surface area contributed by atoms with E-state index in [4.69, 9.17) is 21.3 Å². The molecule has 2 N–H and O–H groups in total. The molecular formula is C24H21BrClFN2O2. The van der Waals surface area contributed by atoms with Crippen LogP contribution < -0.4 is 10.1 Å². The van der Waals surface area contributed by atoms with Gasteiger partial charge in [0.1, 0.15) is 12.0 Å². The summed E-state index contributed by atoms with van der Waals surface area (Å²) in [7, 11) is 0. The topological polar surface area (TPSA) is 53.8 Å². The predicted octanol–water partition coefficient (Wildman–Crippen LogP) is 6.57. The summed E-state index contributed by atoms with van der Waals surface area (Å²) < 4.78 is 21.2. The van der Waals surface area contributed by atoms with Gasteiger partial charge in [-0.05, 0) is 42.8 Å². The molecule has 4 nitrogen and oxygen atoms in total. The van der Waals surface area contributed by atoms with Crippen molar-refractivity contribution in [1.82, 2.24) is 5.32 Å². The molecule has 0 amide bonds. The quantitative estimate of drug-likeness (QED) is 0.414. The van der Waals surface area contributed by atoms with E-state index in [1.54, 1.807) is 18.2 Å². The van der Waals surface area contributed by atoms with Crippen LogP contribution in [0.4, 0.5) is 4.39 Å². The number of phenolic OH excluding ortho intramolecular Hbond substituents is 1. The summed E-state index contributed by atoms with van der Waals surface area (Å²) in [6, 6.07) is 17.4. The molecule has 3 aromatic carbocycles. The lowest BCUT2D eigenvalue weighted by Crippen LogP contribution is -2.33. The first-order valence-electron chi connectivity index (χ1n) is 9.95. The van der Waals surface area contributed by atoms with Gasteiger partial charge in [-0.3, -0.25) is 10.3 Å². The van der Waals surface area contributed by atoms with E-state index in [0.29, 0.717) is 29.4 Å². The Morgan fingerprint density at radius 2 is 1.97 bits per heavy atom. The van der Waals surface area contributed by atoms with E-state index in [0.717, 1.165) is 15.7 Å². The molecule has 0 radical (unpaired) electrons. The molecule has 1 aliphatic heterocycles. The van der Waals surface area contributed by atoms with Crippen LogP contribution in [0.25, 0.3) is 0 Å². The van der Waals surface area contributed by atoms with Gasteiger partial charge in [0.05, 0.1) is 11.6 Å². The van der Waals surface area contributed by atoms with Crippen LogP contribution >= 0.6 is 27.5 Å². The van der Waals surface area contributed by atoms with E-state index >= 15 is 0 Å². The Morgan fingerprint density at radius 3 is 2.71 bits per heavy atom. The average molecular weight is 504 g/mol. The molecular weight excluding hydrogens is 483 g/mol. The molecule has 3 aromatic rings. The molecule has 1 aliphatic rings. The van der Waals surface area contributed by atoms with Crippen molar-refractivity contribution in [3.8, 4) is 11.5 Å². The number of rotatable bonds is 5. The van der Waals surface area contributed by atoms with Gasteiger partial charge in [0, 0.05) is 33.8 Å². The maximum Gasteiger partial charge on any atom is 0.162 e. The van der Waals surface area contributed by atoms with Crippen molar-refractivity contribution >= 4 is 33.2 Å². The lowest BCUT2D eigenvalue weighted by atomic mass is 9.93. The fourth-order valence-corrected chi connectivity index (χ4v) is 4.43. The first-order valence-corrected chi connectivity index (χ1v) is 11.1. The molecule has 31 heavy (non-hydrogen) atoms. The molecule has 4 rings (SSSR count). The second kappa shape index (κ2) is 9.39. The minimum Gasteiger partial charge on any atom is -0.504 e. The smallest absolute Gasteiger partial charge is 0.162 e. The Morgan fingerprint density at radius 1 is 1.19 bits per heavy atom. The number of aliphatic imine (C=N–C) groups is 1. The van der Waals surface area contributed by atoms with Crippen molar-refractivity contribution in [2.45, 2.75) is 25.6 Å². The maximum absolute atomic E-state index is 14.7. The predicted molar refractivity (Wildman–Crippen MR) is 125 cm³/mol. The zero-order valence-electron chi connectivity index (χ0n) is 16.8. The monoisotopic (exact) mass is 502 g/mol. The van der Waals surface area contributed by atoms with Gasteiger partial charge < -0.3 is 9.84 Å². The van der Waals surface area contributed by atoms with Gasteiger partial charge in [-0.1, -0.05) is 57.9 Å². The lowest BCUT2D eigenvalue weighted by Gasteiger charge is -2.31. The normalized spacial score (nSPS) is 18.5. The summed E-state index contributed by atoms with van der Waals surface area (Å²) in [5, 5.41) is 14.5. The van der Waals surface area contributed by atoms with Crippen molar-refractivity contribution in [3.63, 3.8) is 0 Å². The zero-order chi connectivity index (χ0) is 22.0. The van der Waals surface area contributed by atoms with E-state index < -0.39 is 12.0 Å². The fourth-order valence-electron chi connectivity index (χ4n) is 3.76. The van der Waals surface area contributed by atoms with E-state index in [1.165, 1.54) is 6.07 Å². The van der Waals surface area contributed by atoms with Crippen LogP contribution in [0.15, 0.2) is 70.1 Å². The average Bonchev–Trinajstić information content (AvgIpc) is 2.75. The van der Waals surface area contributed by atoms with Crippen LogP contribution in [0.3, 0.4) is 0 Å². The molecule has 160 valence electrons. The maximum atomic E-state index is 14.7. The number of ether oxygens (including phenoxy) is 1. The van der Waals surface area contributed by atoms with Gasteiger partial charge in [0.15, 0.2) is 11.5 Å². The van der Waals surface area contributed by atoms with Gasteiger partial charge in [-0.15, -0.1) is 0 Å². The Hall–Kier alpha value is -2.41. The van der Waals surface area contributed by atoms with E-state index in [9.17, 15) is 9.50 Å². The standard InChI is InChI=1S/C24H21BrClFN2O2/c1-2-31-21-11-4-8-16(23(21)30)20-13-19(14-6-3-7-15(25)12-14)28-24(29-20)22-17(26)9-5-10-18(22)27/h3-12,20,24,29-30H,2,13H2,1H3/t20-,24+/m1/s1. The number of aromatic hydroxyl groups is 1. The summed E-state index contributed by atoms with van der Waals surface area (Å²) in [6.07, 6.45) is -0.209. The van der Waals surface area contributed by atoms with Crippen LogP contribution in [-0.2, 0) is 0 Å². The van der Waals surface area contributed by atoms with Gasteiger partial charge in [0.25, 0.3) is 0 Å². The highest BCUT2D eigenvalue weighted by atomic mass is 79.9. The Bertz CT molecular complexity index is 1120. The SMILES string of the molecule is CCOc1cccc([C@H]2CC(c3cccc(Br)c3)=N[C@H](c3c(F)cccc3Cl)N2)c1O. The van der Waals surface area contributed by atoms with E-state index in [1.807, 2.05) is 43.3 Å². The molecule has 0 saturated carbocycles. The van der Waals surface area contributed by atoms with Crippen molar-refractivity contribution < 1.29 is 14.2 Å². The first-order chi connectivity index (χ1) is 15.0. The Labute approximate surface area is 193 Å². The Balaban J connectivity index is 1.81. The van der Waals surface area contributed by atoms with Crippen molar-refractivity contribution in [2.75, 3.05) is 6.61 Å². The largest absolute Gasteiger partial charge is 0.504 e. The van der Waals surface area contributed by atoms with Gasteiger partial charge >= 0.3 is 0 Å². The fraction of sp³-hybridized carbons (Fsp3) is 0.208. The van der Waals surface area contributed by atoms with Crippen molar-refractivity contribution in [3.05, 3.63) is 92.7 Å². The summed E-state index contributed by atoms with van der Waals surface area (Å²) >= 11 is 9.85. The number of hydrogen-bond acceptors (Lipinski definition) is 4. The summed E-state index contributed by atoms with van der Waals surface area (Å²) in [5.74, 6) is 0.0415. The zero-order valence-corrected chi connectivity index (χ0v) is 19.1. The molecule has 0 spiro atoms. The molecule has 0 unspecified atom stereocenters. The van der Waals surface area contributed by atoms with E-state index in [2.05, 4.69) is 21.2 Å². The number of nitrogens with one attached hydrogen (secondary N) is 1. The number of para-hydroxylation sites is 1. The number of halogens is 3. The third-order valence-electron chi connectivity index (χ3n) is 5.18. The van der Waals surface area contributed by atoms with Crippen molar-refractivity contribution in [2.24, 2.45) is 4.99 Å². The number of hydrogen-bond donors (Lipinski definition) is 2. The van der Waals surface area contributed by atoms with Crippen LogP contribution in [0.1, 0.15) is 42.2 Å². The second-order valence-corrected chi connectivity index (χ2v) is 8.50. The molecule has 0 aromatic heterocycles. The Kier molecular flexibility index (Phi) is 6.60. The van der Waals surface area contributed by atoms with Crippen LogP contribution in [0.5, 0.6) is 11.5 Å². The van der Waals surface area contributed by atoms with Crippen molar-refractivity contribution in [1.29, 1.82) is 0 Å². The lowest BCUT2D eigenvalue weighted by molar-refractivity contribution is 0.313. The summed E-state index contributed by atoms with van der Waals surface area (Å²) in [5.41, 5.74) is 2.64. The number of benzene rings is 3. The van der Waals surface area contributed by atoms with Gasteiger partial charge in [0.2, 0.25) is 0 Å². The molecule has 0 bridgehead atoms. The van der Waals surface area contributed by atoms with Crippen LogP contribution in [0.2, 0.25) is 5.02 Å². The van der Waals surface area contributed by atoms with Gasteiger partial charge in [-0.2, -0.15) is 0 Å². The third-order valence-corrected chi connectivity index (χ3v) is 6.00. The molecule has 0 saturated heterocycles. The molecule has 2 atom stereocenters. The molecule has 0 fully saturated rings. The minimum atomic E-state index is -0.711. The number of nitrogens with zero attached hydrogens (tertiary/aromatic N) is 1. The van der Waals surface area contributed by atoms with Crippen LogP contribution in [0, 0.1) is 5.82 Å². The minimum absolute atomic E-state index is 0.0655. The molecule has 1 heterocycles.